The van der Waals surface area contributed by atoms with E-state index in [9.17, 15) is 9.90 Å². The van der Waals surface area contributed by atoms with Gasteiger partial charge in [0.05, 0.1) is 0 Å². The topological polar surface area (TPSA) is 49.3 Å². The Hall–Kier alpha value is -1.17. The lowest BCUT2D eigenvalue weighted by Gasteiger charge is -2.19. The van der Waals surface area contributed by atoms with Crippen molar-refractivity contribution in [3.63, 3.8) is 0 Å². The summed E-state index contributed by atoms with van der Waals surface area (Å²) in [5.41, 5.74) is 3.18. The number of aliphatic hydroxyl groups is 1. The Bertz CT molecular complexity index is 715. The first kappa shape index (κ1) is 14.8. The Morgan fingerprint density at radius 3 is 2.71 bits per heavy atom. The quantitative estimate of drug-likeness (QED) is 0.794. The summed E-state index contributed by atoms with van der Waals surface area (Å²) >= 11 is 6.86. The van der Waals surface area contributed by atoms with E-state index in [0.717, 1.165) is 26.5 Å². The van der Waals surface area contributed by atoms with E-state index in [0.29, 0.717) is 17.7 Å². The molecule has 0 fully saturated rings. The molecule has 2 aromatic carbocycles. The van der Waals surface area contributed by atoms with Crippen LogP contribution in [0.5, 0.6) is 0 Å². The van der Waals surface area contributed by atoms with Gasteiger partial charge in [0.15, 0.2) is 0 Å². The Kier molecular flexibility index (Phi) is 4.15. The summed E-state index contributed by atoms with van der Waals surface area (Å²) in [6.07, 6.45) is 0.0619. The fourth-order valence-corrected chi connectivity index (χ4v) is 3.77. The van der Waals surface area contributed by atoms with Crippen molar-refractivity contribution >= 4 is 37.8 Å². The molecule has 1 unspecified atom stereocenters. The molecular formula is C16H13Br2NO2. The van der Waals surface area contributed by atoms with E-state index in [1.165, 1.54) is 0 Å². The number of carbonyl (C=O) groups excluding carboxylic acids is 1. The number of halogens is 2. The van der Waals surface area contributed by atoms with E-state index in [4.69, 9.17) is 0 Å². The molecule has 1 amide bonds. The number of fused-ring (bicyclic) bond motifs is 1. The van der Waals surface area contributed by atoms with Crippen LogP contribution >= 0.6 is 31.9 Å². The average molecular weight is 411 g/mol. The van der Waals surface area contributed by atoms with E-state index in [2.05, 4.69) is 37.2 Å². The maximum absolute atomic E-state index is 11.9. The molecule has 3 rings (SSSR count). The molecule has 2 N–H and O–H groups in total. The van der Waals surface area contributed by atoms with Crippen LogP contribution in [0.4, 0.5) is 0 Å². The molecule has 1 atom stereocenters. The number of amides is 1. The lowest BCUT2D eigenvalue weighted by atomic mass is 9.94. The second-order valence-corrected chi connectivity index (χ2v) is 6.76. The molecule has 0 saturated heterocycles. The summed E-state index contributed by atoms with van der Waals surface area (Å²) in [6.45, 7) is 0.673. The number of rotatable bonds is 2. The van der Waals surface area contributed by atoms with Crippen LogP contribution < -0.4 is 5.32 Å². The SMILES string of the molecule is O=C1NCCc2ccc(C(O)c3ccc(Br)cc3Br)cc21. The Labute approximate surface area is 139 Å². The second-order valence-electron chi connectivity index (χ2n) is 4.99. The van der Waals surface area contributed by atoms with Gasteiger partial charge in [0, 0.05) is 21.1 Å². The van der Waals surface area contributed by atoms with Crippen LogP contribution in [-0.4, -0.2) is 17.6 Å². The van der Waals surface area contributed by atoms with Gasteiger partial charge in [-0.3, -0.25) is 4.79 Å². The minimum absolute atomic E-state index is 0.0693. The molecule has 0 aromatic heterocycles. The highest BCUT2D eigenvalue weighted by Crippen LogP contribution is 2.32. The minimum Gasteiger partial charge on any atom is -0.384 e. The van der Waals surface area contributed by atoms with Crippen molar-refractivity contribution < 1.29 is 9.90 Å². The van der Waals surface area contributed by atoms with Crippen LogP contribution in [0.2, 0.25) is 0 Å². The van der Waals surface area contributed by atoms with Gasteiger partial charge in [0.1, 0.15) is 6.10 Å². The lowest BCUT2D eigenvalue weighted by molar-refractivity contribution is 0.0945. The third-order valence-electron chi connectivity index (χ3n) is 3.63. The highest BCUT2D eigenvalue weighted by atomic mass is 79.9. The number of hydrogen-bond acceptors (Lipinski definition) is 2. The molecule has 3 nitrogen and oxygen atoms in total. The number of benzene rings is 2. The van der Waals surface area contributed by atoms with Gasteiger partial charge in [-0.1, -0.05) is 50.1 Å². The number of carbonyl (C=O) groups is 1. The predicted octanol–water partition coefficient (Wildman–Crippen LogP) is 3.58. The molecule has 1 aliphatic heterocycles. The van der Waals surface area contributed by atoms with Gasteiger partial charge in [-0.2, -0.15) is 0 Å². The average Bonchev–Trinajstić information content (AvgIpc) is 2.47. The van der Waals surface area contributed by atoms with Gasteiger partial charge in [-0.15, -0.1) is 0 Å². The van der Waals surface area contributed by atoms with Crippen LogP contribution in [0.3, 0.4) is 0 Å². The molecule has 0 aliphatic carbocycles. The standard InChI is InChI=1S/C16H13Br2NO2/c17-11-3-4-12(14(18)8-11)15(20)10-2-1-9-5-6-19-16(21)13(9)7-10/h1-4,7-8,15,20H,5-6H2,(H,19,21). The van der Waals surface area contributed by atoms with Crippen molar-refractivity contribution in [1.29, 1.82) is 0 Å². The second kappa shape index (κ2) is 5.91. The van der Waals surface area contributed by atoms with E-state index >= 15 is 0 Å². The van der Waals surface area contributed by atoms with Crippen LogP contribution in [-0.2, 0) is 6.42 Å². The first-order valence-electron chi connectivity index (χ1n) is 6.60. The van der Waals surface area contributed by atoms with Crippen LogP contribution in [0.15, 0.2) is 45.3 Å². The smallest absolute Gasteiger partial charge is 0.251 e. The lowest BCUT2D eigenvalue weighted by Crippen LogP contribution is -2.31. The Morgan fingerprint density at radius 2 is 1.95 bits per heavy atom. The van der Waals surface area contributed by atoms with Gasteiger partial charge in [-0.25, -0.2) is 0 Å². The molecule has 1 heterocycles. The largest absolute Gasteiger partial charge is 0.384 e. The summed E-state index contributed by atoms with van der Waals surface area (Å²) in [6, 6.07) is 11.2. The van der Waals surface area contributed by atoms with Gasteiger partial charge < -0.3 is 10.4 Å². The molecule has 108 valence electrons. The summed E-state index contributed by atoms with van der Waals surface area (Å²) in [4.78, 5) is 11.9. The molecule has 21 heavy (non-hydrogen) atoms. The van der Waals surface area contributed by atoms with Crippen LogP contribution in [0.1, 0.15) is 33.2 Å². The first-order chi connectivity index (χ1) is 10.1. The minimum atomic E-state index is -0.771. The fraction of sp³-hybridized carbons (Fsp3) is 0.188. The number of aliphatic hydroxyl groups excluding tert-OH is 1. The zero-order valence-corrected chi connectivity index (χ0v) is 14.2. The molecule has 1 aliphatic rings. The third-order valence-corrected chi connectivity index (χ3v) is 4.81. The maximum Gasteiger partial charge on any atom is 0.251 e. The molecule has 2 aromatic rings. The van der Waals surface area contributed by atoms with Crippen molar-refractivity contribution in [1.82, 2.24) is 5.32 Å². The molecule has 0 bridgehead atoms. The van der Waals surface area contributed by atoms with Gasteiger partial charge >= 0.3 is 0 Å². The van der Waals surface area contributed by atoms with Crippen molar-refractivity contribution in [3.8, 4) is 0 Å². The van der Waals surface area contributed by atoms with Crippen molar-refractivity contribution in [2.24, 2.45) is 0 Å². The van der Waals surface area contributed by atoms with E-state index < -0.39 is 6.10 Å². The molecule has 0 spiro atoms. The van der Waals surface area contributed by atoms with Gasteiger partial charge in [0.25, 0.3) is 5.91 Å². The summed E-state index contributed by atoms with van der Waals surface area (Å²) < 4.78 is 1.77. The van der Waals surface area contributed by atoms with E-state index in [1.807, 2.05) is 30.3 Å². The van der Waals surface area contributed by atoms with Gasteiger partial charge in [0.2, 0.25) is 0 Å². The normalized spacial score (nSPS) is 15.3. The highest BCUT2D eigenvalue weighted by Gasteiger charge is 2.20. The van der Waals surface area contributed by atoms with Crippen molar-refractivity contribution in [2.75, 3.05) is 6.54 Å². The highest BCUT2D eigenvalue weighted by molar-refractivity contribution is 9.11. The van der Waals surface area contributed by atoms with E-state index in [1.54, 1.807) is 6.07 Å². The van der Waals surface area contributed by atoms with Crippen molar-refractivity contribution in [3.05, 3.63) is 67.6 Å². The molecular weight excluding hydrogens is 398 g/mol. The van der Waals surface area contributed by atoms with Crippen LogP contribution in [0.25, 0.3) is 0 Å². The van der Waals surface area contributed by atoms with Crippen molar-refractivity contribution in [2.45, 2.75) is 12.5 Å². The Balaban J connectivity index is 2.00. The zero-order valence-electron chi connectivity index (χ0n) is 11.1. The summed E-state index contributed by atoms with van der Waals surface area (Å²) in [5.74, 6) is -0.0693. The Morgan fingerprint density at radius 1 is 1.14 bits per heavy atom. The zero-order chi connectivity index (χ0) is 15.0. The molecule has 5 heteroatoms. The number of nitrogens with one attached hydrogen (secondary N) is 1. The third kappa shape index (κ3) is 2.91. The number of hydrogen-bond donors (Lipinski definition) is 2. The van der Waals surface area contributed by atoms with Crippen LogP contribution in [0, 0.1) is 0 Å². The summed E-state index contributed by atoms with van der Waals surface area (Å²) in [7, 11) is 0. The monoisotopic (exact) mass is 409 g/mol. The molecule has 0 radical (unpaired) electrons. The predicted molar refractivity (Wildman–Crippen MR) is 88.4 cm³/mol. The first-order valence-corrected chi connectivity index (χ1v) is 8.19. The fourth-order valence-electron chi connectivity index (χ4n) is 2.50. The summed E-state index contributed by atoms with van der Waals surface area (Å²) in [5, 5.41) is 13.4. The van der Waals surface area contributed by atoms with Gasteiger partial charge in [-0.05, 0) is 41.3 Å². The molecule has 0 saturated carbocycles. The maximum atomic E-state index is 11.9. The van der Waals surface area contributed by atoms with E-state index in [-0.39, 0.29) is 5.91 Å².